The normalized spacial score (nSPS) is 11.4. The minimum atomic E-state index is -0.402. The van der Waals surface area contributed by atoms with Crippen molar-refractivity contribution in [1.82, 2.24) is 14.7 Å². The van der Waals surface area contributed by atoms with Gasteiger partial charge in [0.1, 0.15) is 0 Å². The Kier molecular flexibility index (Phi) is 4.99. The highest BCUT2D eigenvalue weighted by Gasteiger charge is 2.24. The van der Waals surface area contributed by atoms with Gasteiger partial charge in [-0.3, -0.25) is 14.0 Å². The number of imidazole rings is 1. The summed E-state index contributed by atoms with van der Waals surface area (Å²) in [7, 11) is 0. The highest BCUT2D eigenvalue weighted by Crippen LogP contribution is 2.17. The maximum absolute atomic E-state index is 12.8. The van der Waals surface area contributed by atoms with Crippen molar-refractivity contribution in [3.63, 3.8) is 0 Å². The van der Waals surface area contributed by atoms with Gasteiger partial charge in [0.05, 0.1) is 5.52 Å². The third kappa shape index (κ3) is 4.16. The van der Waals surface area contributed by atoms with E-state index >= 15 is 0 Å². The predicted molar refractivity (Wildman–Crippen MR) is 106 cm³/mol. The molecule has 2 aromatic heterocycles. The highest BCUT2D eigenvalue weighted by atomic mass is 16.2. The van der Waals surface area contributed by atoms with E-state index < -0.39 is 5.54 Å². The van der Waals surface area contributed by atoms with Gasteiger partial charge in [0, 0.05) is 17.4 Å². The number of aryl methyl sites for hydroxylation is 1. The molecule has 1 aromatic carbocycles. The van der Waals surface area contributed by atoms with Gasteiger partial charge < -0.3 is 10.6 Å². The van der Waals surface area contributed by atoms with Crippen molar-refractivity contribution in [2.45, 2.75) is 39.7 Å². The molecule has 0 aliphatic heterocycles. The Morgan fingerprint density at radius 3 is 2.37 bits per heavy atom. The van der Waals surface area contributed by atoms with Crippen LogP contribution in [0.4, 0.5) is 5.69 Å². The summed E-state index contributed by atoms with van der Waals surface area (Å²) in [6.07, 6.45) is 2.67. The summed E-state index contributed by atoms with van der Waals surface area (Å²) in [5.74, 6) is -0.486. The monoisotopic (exact) mass is 364 g/mol. The number of carbonyl (C=O) groups excluding carboxylic acids is 2. The maximum atomic E-state index is 12.8. The van der Waals surface area contributed by atoms with Crippen molar-refractivity contribution in [2.75, 3.05) is 5.32 Å². The van der Waals surface area contributed by atoms with Crippen LogP contribution in [-0.2, 0) is 6.42 Å². The van der Waals surface area contributed by atoms with Gasteiger partial charge >= 0.3 is 0 Å². The number of pyridine rings is 1. The average Bonchev–Trinajstić information content (AvgIpc) is 3.01. The van der Waals surface area contributed by atoms with Crippen molar-refractivity contribution in [3.05, 3.63) is 65.7 Å². The van der Waals surface area contributed by atoms with Crippen LogP contribution in [-0.4, -0.2) is 26.7 Å². The lowest BCUT2D eigenvalue weighted by atomic mass is 10.1. The van der Waals surface area contributed by atoms with Crippen LogP contribution in [0, 0.1) is 0 Å². The lowest BCUT2D eigenvalue weighted by molar-refractivity contribution is 0.0908. The number of hydrogen-bond acceptors (Lipinski definition) is 3. The van der Waals surface area contributed by atoms with Gasteiger partial charge in [-0.05, 0) is 57.0 Å². The summed E-state index contributed by atoms with van der Waals surface area (Å²) in [6.45, 7) is 7.77. The molecule has 0 unspecified atom stereocenters. The first-order valence-electron chi connectivity index (χ1n) is 8.98. The molecule has 0 spiro atoms. The van der Waals surface area contributed by atoms with Gasteiger partial charge in [-0.15, -0.1) is 0 Å². The van der Waals surface area contributed by atoms with E-state index in [1.807, 2.05) is 51.1 Å². The van der Waals surface area contributed by atoms with Crippen LogP contribution in [0.2, 0.25) is 0 Å². The molecule has 3 aromatic rings. The molecule has 0 saturated carbocycles. The van der Waals surface area contributed by atoms with Crippen molar-refractivity contribution in [2.24, 2.45) is 0 Å². The van der Waals surface area contributed by atoms with Crippen LogP contribution in [0.15, 0.2) is 48.7 Å². The van der Waals surface area contributed by atoms with Gasteiger partial charge in [0.25, 0.3) is 11.8 Å². The number of carbonyl (C=O) groups is 2. The molecule has 0 bridgehead atoms. The first-order chi connectivity index (χ1) is 12.8. The number of anilines is 1. The molecule has 0 fully saturated rings. The van der Waals surface area contributed by atoms with Crippen molar-refractivity contribution >= 4 is 23.0 Å². The number of aromatic nitrogens is 2. The van der Waals surface area contributed by atoms with E-state index in [4.69, 9.17) is 0 Å². The Labute approximate surface area is 158 Å². The zero-order chi connectivity index (χ0) is 19.6. The molecular formula is C21H24N4O2. The van der Waals surface area contributed by atoms with Crippen LogP contribution < -0.4 is 10.6 Å². The Morgan fingerprint density at radius 2 is 1.74 bits per heavy atom. The fourth-order valence-electron chi connectivity index (χ4n) is 2.78. The SMILES string of the molecule is CCc1ccc(NC(=O)c2nc(C(=O)NC(C)(C)C)n3ccccc23)cc1. The number of rotatable bonds is 4. The first-order valence-corrected chi connectivity index (χ1v) is 8.98. The zero-order valence-electron chi connectivity index (χ0n) is 16.0. The third-order valence-corrected chi connectivity index (χ3v) is 4.08. The summed E-state index contributed by atoms with van der Waals surface area (Å²) in [5.41, 5.74) is 2.28. The minimum Gasteiger partial charge on any atom is -0.345 e. The second kappa shape index (κ2) is 7.23. The molecular weight excluding hydrogens is 340 g/mol. The standard InChI is InChI=1S/C21H24N4O2/c1-5-14-9-11-15(12-10-14)22-19(26)17-16-8-6-7-13-25(16)18(23-17)20(27)24-21(2,3)4/h6-13H,5H2,1-4H3,(H,22,26)(H,24,27). The molecule has 0 saturated heterocycles. The van der Waals surface area contributed by atoms with Crippen LogP contribution in [0.5, 0.6) is 0 Å². The number of nitrogens with zero attached hydrogens (tertiary/aromatic N) is 2. The lowest BCUT2D eigenvalue weighted by Crippen LogP contribution is -2.41. The molecule has 2 N–H and O–H groups in total. The number of benzene rings is 1. The van der Waals surface area contributed by atoms with Crippen LogP contribution in [0.25, 0.3) is 5.52 Å². The van der Waals surface area contributed by atoms with E-state index in [-0.39, 0.29) is 23.3 Å². The molecule has 3 rings (SSSR count). The van der Waals surface area contributed by atoms with E-state index in [2.05, 4.69) is 22.5 Å². The van der Waals surface area contributed by atoms with Gasteiger partial charge in [-0.1, -0.05) is 25.1 Å². The van der Waals surface area contributed by atoms with E-state index in [0.29, 0.717) is 11.2 Å². The zero-order valence-corrected chi connectivity index (χ0v) is 16.0. The second-order valence-electron chi connectivity index (χ2n) is 7.45. The fraction of sp³-hybridized carbons (Fsp3) is 0.286. The molecule has 140 valence electrons. The summed E-state index contributed by atoms with van der Waals surface area (Å²) in [6, 6.07) is 13.1. The molecule has 0 atom stereocenters. The molecule has 6 heteroatoms. The van der Waals surface area contributed by atoms with Gasteiger partial charge in [-0.25, -0.2) is 4.98 Å². The Balaban J connectivity index is 1.94. The number of hydrogen-bond donors (Lipinski definition) is 2. The van der Waals surface area contributed by atoms with Gasteiger partial charge in [-0.2, -0.15) is 0 Å². The maximum Gasteiger partial charge on any atom is 0.288 e. The van der Waals surface area contributed by atoms with Crippen LogP contribution in [0.3, 0.4) is 0 Å². The van der Waals surface area contributed by atoms with E-state index in [0.717, 1.165) is 6.42 Å². The Hall–Kier alpha value is -3.15. The molecule has 0 aliphatic carbocycles. The number of amides is 2. The van der Waals surface area contributed by atoms with Crippen LogP contribution in [0.1, 0.15) is 54.4 Å². The smallest absolute Gasteiger partial charge is 0.288 e. The third-order valence-electron chi connectivity index (χ3n) is 4.08. The Bertz CT molecular complexity index is 982. The summed E-state index contributed by atoms with van der Waals surface area (Å²) in [4.78, 5) is 29.7. The molecule has 2 heterocycles. The predicted octanol–water partition coefficient (Wildman–Crippen LogP) is 3.68. The molecule has 27 heavy (non-hydrogen) atoms. The van der Waals surface area contributed by atoms with Crippen molar-refractivity contribution in [1.29, 1.82) is 0 Å². The molecule has 0 aliphatic rings. The van der Waals surface area contributed by atoms with E-state index in [9.17, 15) is 9.59 Å². The molecule has 0 radical (unpaired) electrons. The average molecular weight is 364 g/mol. The quantitative estimate of drug-likeness (QED) is 0.741. The summed E-state index contributed by atoms with van der Waals surface area (Å²) < 4.78 is 1.64. The summed E-state index contributed by atoms with van der Waals surface area (Å²) >= 11 is 0. The van der Waals surface area contributed by atoms with Gasteiger partial charge in [0.2, 0.25) is 5.82 Å². The fourth-order valence-corrected chi connectivity index (χ4v) is 2.78. The molecule has 2 amide bonds. The summed E-state index contributed by atoms with van der Waals surface area (Å²) in [5, 5.41) is 5.74. The van der Waals surface area contributed by atoms with Crippen LogP contribution >= 0.6 is 0 Å². The lowest BCUT2D eigenvalue weighted by Gasteiger charge is -2.19. The highest BCUT2D eigenvalue weighted by molar-refractivity contribution is 6.09. The van der Waals surface area contributed by atoms with E-state index in [1.165, 1.54) is 5.56 Å². The second-order valence-corrected chi connectivity index (χ2v) is 7.45. The Morgan fingerprint density at radius 1 is 1.04 bits per heavy atom. The largest absolute Gasteiger partial charge is 0.345 e. The van der Waals surface area contributed by atoms with Crippen molar-refractivity contribution < 1.29 is 9.59 Å². The topological polar surface area (TPSA) is 75.5 Å². The first kappa shape index (κ1) is 18.6. The number of fused-ring (bicyclic) bond motifs is 1. The van der Waals surface area contributed by atoms with Crippen molar-refractivity contribution in [3.8, 4) is 0 Å². The molecule has 6 nitrogen and oxygen atoms in total. The van der Waals surface area contributed by atoms with Gasteiger partial charge in [0.15, 0.2) is 5.69 Å². The minimum absolute atomic E-state index is 0.187. The number of nitrogens with one attached hydrogen (secondary N) is 2. The van der Waals surface area contributed by atoms with E-state index in [1.54, 1.807) is 22.7 Å².